The van der Waals surface area contributed by atoms with Crippen molar-refractivity contribution in [2.45, 2.75) is 18.5 Å². The van der Waals surface area contributed by atoms with Crippen LogP contribution in [0.5, 0.6) is 0 Å². The quantitative estimate of drug-likeness (QED) is 0.829. The highest BCUT2D eigenvalue weighted by molar-refractivity contribution is 7.91. The first-order chi connectivity index (χ1) is 12.6. The molecule has 2 heterocycles. The third-order valence-electron chi connectivity index (χ3n) is 5.67. The summed E-state index contributed by atoms with van der Waals surface area (Å²) in [7, 11) is -2.82. The second kappa shape index (κ2) is 7.51. The first-order valence-electron chi connectivity index (χ1n) is 9.41. The summed E-state index contributed by atoms with van der Waals surface area (Å²) < 4.78 is 23.6. The minimum Gasteiger partial charge on any atom is -0.297 e. The zero-order chi connectivity index (χ0) is 18.0. The van der Waals surface area contributed by atoms with Crippen LogP contribution >= 0.6 is 0 Å². The van der Waals surface area contributed by atoms with Crippen LogP contribution in [0.25, 0.3) is 0 Å². The van der Waals surface area contributed by atoms with E-state index in [1.807, 2.05) is 0 Å². The van der Waals surface area contributed by atoms with Crippen LogP contribution in [-0.4, -0.2) is 61.9 Å². The fraction of sp³-hybridized carbons (Fsp3) is 0.429. The Bertz CT molecular complexity index is 776. The number of sulfone groups is 1. The summed E-state index contributed by atoms with van der Waals surface area (Å²) in [6.07, 6.45) is 0.795. The van der Waals surface area contributed by atoms with Crippen LogP contribution in [-0.2, 0) is 9.84 Å². The molecule has 5 heteroatoms. The van der Waals surface area contributed by atoms with Gasteiger partial charge < -0.3 is 0 Å². The lowest BCUT2D eigenvalue weighted by Crippen LogP contribution is -2.51. The van der Waals surface area contributed by atoms with Crippen molar-refractivity contribution in [2.75, 3.05) is 37.7 Å². The van der Waals surface area contributed by atoms with Crippen molar-refractivity contribution in [2.24, 2.45) is 0 Å². The highest BCUT2D eigenvalue weighted by Gasteiger charge is 2.35. The predicted octanol–water partition coefficient (Wildman–Crippen LogP) is 2.58. The van der Waals surface area contributed by atoms with Gasteiger partial charge in [0.1, 0.15) is 0 Å². The molecular weight excluding hydrogens is 344 g/mol. The van der Waals surface area contributed by atoms with Crippen molar-refractivity contribution in [3.8, 4) is 0 Å². The number of piperazine rings is 1. The fourth-order valence-corrected chi connectivity index (χ4v) is 6.07. The average Bonchev–Trinajstić information content (AvgIpc) is 3.04. The SMILES string of the molecule is O=S1(=O)CC[C@H](N2CCN(C(c3ccccc3)c3ccccc3)CC2)C1. The van der Waals surface area contributed by atoms with Crippen molar-refractivity contribution >= 4 is 9.84 Å². The van der Waals surface area contributed by atoms with Gasteiger partial charge in [-0.15, -0.1) is 0 Å². The standard InChI is InChI=1S/C21H26N2O2S/c24-26(25)16-11-20(17-26)22-12-14-23(15-13-22)21(18-7-3-1-4-8-18)19-9-5-2-6-10-19/h1-10,20-21H,11-17H2/t20-/m0/s1. The first-order valence-corrected chi connectivity index (χ1v) is 11.2. The van der Waals surface area contributed by atoms with Gasteiger partial charge in [-0.05, 0) is 17.5 Å². The van der Waals surface area contributed by atoms with Crippen LogP contribution < -0.4 is 0 Å². The summed E-state index contributed by atoms with van der Waals surface area (Å²) in [5.74, 6) is 0.697. The molecule has 1 atom stereocenters. The molecule has 4 rings (SSSR count). The largest absolute Gasteiger partial charge is 0.297 e. The summed E-state index contributed by atoms with van der Waals surface area (Å²) in [4.78, 5) is 4.92. The van der Waals surface area contributed by atoms with E-state index in [0.29, 0.717) is 11.5 Å². The van der Waals surface area contributed by atoms with Crippen molar-refractivity contribution in [1.29, 1.82) is 0 Å². The van der Waals surface area contributed by atoms with Crippen molar-refractivity contribution in [1.82, 2.24) is 9.80 Å². The van der Waals surface area contributed by atoms with Gasteiger partial charge in [0.15, 0.2) is 9.84 Å². The molecule has 0 spiro atoms. The maximum absolute atomic E-state index is 11.8. The highest BCUT2D eigenvalue weighted by Crippen LogP contribution is 2.30. The lowest BCUT2D eigenvalue weighted by atomic mass is 9.96. The maximum atomic E-state index is 11.8. The normalized spacial score (nSPS) is 24.1. The number of nitrogens with zero attached hydrogens (tertiary/aromatic N) is 2. The summed E-state index contributed by atoms with van der Waals surface area (Å²) in [6.45, 7) is 3.81. The second-order valence-corrected chi connectivity index (χ2v) is 9.58. The number of hydrogen-bond donors (Lipinski definition) is 0. The molecule has 0 bridgehead atoms. The van der Waals surface area contributed by atoms with Crippen molar-refractivity contribution < 1.29 is 8.42 Å². The van der Waals surface area contributed by atoms with E-state index in [0.717, 1.165) is 32.6 Å². The van der Waals surface area contributed by atoms with Crippen LogP contribution in [0.1, 0.15) is 23.6 Å². The Hall–Kier alpha value is -1.69. The zero-order valence-electron chi connectivity index (χ0n) is 15.0. The average molecular weight is 371 g/mol. The van der Waals surface area contributed by atoms with Gasteiger partial charge in [0, 0.05) is 32.2 Å². The van der Waals surface area contributed by atoms with Gasteiger partial charge in [0.25, 0.3) is 0 Å². The van der Waals surface area contributed by atoms with Crippen LogP contribution in [0.3, 0.4) is 0 Å². The molecule has 0 unspecified atom stereocenters. The molecule has 2 aliphatic heterocycles. The minimum atomic E-state index is -2.82. The summed E-state index contributed by atoms with van der Waals surface area (Å²) in [5, 5.41) is 0. The third-order valence-corrected chi connectivity index (χ3v) is 7.42. The Balaban J connectivity index is 1.50. The Kier molecular flexibility index (Phi) is 5.11. The van der Waals surface area contributed by atoms with Gasteiger partial charge in [-0.2, -0.15) is 0 Å². The van der Waals surface area contributed by atoms with E-state index in [2.05, 4.69) is 70.5 Å². The van der Waals surface area contributed by atoms with E-state index in [9.17, 15) is 8.42 Å². The van der Waals surface area contributed by atoms with E-state index >= 15 is 0 Å². The lowest BCUT2D eigenvalue weighted by molar-refractivity contribution is 0.0860. The van der Waals surface area contributed by atoms with Crippen molar-refractivity contribution in [3.63, 3.8) is 0 Å². The lowest BCUT2D eigenvalue weighted by Gasteiger charge is -2.41. The minimum absolute atomic E-state index is 0.217. The molecule has 2 aliphatic rings. The molecular formula is C21H26N2O2S. The third kappa shape index (κ3) is 3.85. The Morgan fingerprint density at radius 1 is 0.808 bits per heavy atom. The van der Waals surface area contributed by atoms with Gasteiger partial charge >= 0.3 is 0 Å². The summed E-state index contributed by atoms with van der Waals surface area (Å²) >= 11 is 0. The smallest absolute Gasteiger partial charge is 0.151 e. The molecule has 0 N–H and O–H groups in total. The number of rotatable bonds is 4. The second-order valence-electron chi connectivity index (χ2n) is 7.35. The van der Waals surface area contributed by atoms with Crippen LogP contribution in [0.15, 0.2) is 60.7 Å². The van der Waals surface area contributed by atoms with Crippen LogP contribution in [0, 0.1) is 0 Å². The van der Waals surface area contributed by atoms with E-state index in [1.165, 1.54) is 11.1 Å². The molecule has 2 aromatic rings. The predicted molar refractivity (Wildman–Crippen MR) is 105 cm³/mol. The molecule has 4 nitrogen and oxygen atoms in total. The Morgan fingerprint density at radius 3 is 1.81 bits per heavy atom. The molecule has 138 valence electrons. The fourth-order valence-electron chi connectivity index (χ4n) is 4.31. The van der Waals surface area contributed by atoms with Gasteiger partial charge in [0.05, 0.1) is 17.5 Å². The molecule has 0 radical (unpaired) electrons. The Morgan fingerprint density at radius 2 is 1.35 bits per heavy atom. The van der Waals surface area contributed by atoms with Gasteiger partial charge in [-0.1, -0.05) is 60.7 Å². The van der Waals surface area contributed by atoms with Gasteiger partial charge in [0.2, 0.25) is 0 Å². The maximum Gasteiger partial charge on any atom is 0.151 e. The van der Waals surface area contributed by atoms with E-state index < -0.39 is 9.84 Å². The first kappa shape index (κ1) is 17.7. The van der Waals surface area contributed by atoms with Crippen LogP contribution in [0.4, 0.5) is 0 Å². The van der Waals surface area contributed by atoms with E-state index in [1.54, 1.807) is 0 Å². The van der Waals surface area contributed by atoms with E-state index in [-0.39, 0.29) is 12.1 Å². The summed E-state index contributed by atoms with van der Waals surface area (Å²) in [5.41, 5.74) is 2.63. The van der Waals surface area contributed by atoms with Crippen molar-refractivity contribution in [3.05, 3.63) is 71.8 Å². The molecule has 0 aliphatic carbocycles. The topological polar surface area (TPSA) is 40.6 Å². The van der Waals surface area contributed by atoms with Crippen LogP contribution in [0.2, 0.25) is 0 Å². The molecule has 0 amide bonds. The molecule has 0 aromatic heterocycles. The van der Waals surface area contributed by atoms with Gasteiger partial charge in [-0.3, -0.25) is 9.80 Å². The number of hydrogen-bond acceptors (Lipinski definition) is 4. The number of benzene rings is 2. The summed E-state index contributed by atoms with van der Waals surface area (Å²) in [6, 6.07) is 21.8. The molecule has 26 heavy (non-hydrogen) atoms. The molecule has 2 saturated heterocycles. The van der Waals surface area contributed by atoms with Gasteiger partial charge in [-0.25, -0.2) is 8.42 Å². The monoisotopic (exact) mass is 370 g/mol. The highest BCUT2D eigenvalue weighted by atomic mass is 32.2. The molecule has 2 aromatic carbocycles. The molecule has 0 saturated carbocycles. The zero-order valence-corrected chi connectivity index (χ0v) is 15.8. The van der Waals surface area contributed by atoms with E-state index in [4.69, 9.17) is 0 Å². The molecule has 2 fully saturated rings. The Labute approximate surface area is 156 Å².